The second kappa shape index (κ2) is 7.31. The van der Waals surface area contributed by atoms with Crippen LogP contribution in [0.25, 0.3) is 0 Å². The molecule has 0 fully saturated rings. The third kappa shape index (κ3) is 4.69. The quantitative estimate of drug-likeness (QED) is 0.809. The molecule has 2 aromatic carbocycles. The van der Waals surface area contributed by atoms with Crippen molar-refractivity contribution in [2.45, 2.75) is 17.7 Å². The van der Waals surface area contributed by atoms with Crippen LogP contribution in [0.1, 0.15) is 23.2 Å². The summed E-state index contributed by atoms with van der Waals surface area (Å²) in [5.74, 6) is -2.38. The number of hydrogen-bond acceptors (Lipinski definition) is 4. The van der Waals surface area contributed by atoms with Crippen molar-refractivity contribution in [3.8, 4) is 0 Å². The largest absolute Gasteiger partial charge is 0.294 e. The van der Waals surface area contributed by atoms with Crippen LogP contribution in [0.4, 0.5) is 8.78 Å². The molecule has 2 rings (SSSR count). The topological polar surface area (TPSA) is 80.3 Å². The zero-order valence-corrected chi connectivity index (χ0v) is 13.1. The Morgan fingerprint density at radius 2 is 1.33 bits per heavy atom. The molecular formula is C16H13F2NO4S. The second-order valence-corrected chi connectivity index (χ2v) is 6.60. The number of benzene rings is 2. The molecule has 8 heteroatoms. The molecule has 0 spiro atoms. The Morgan fingerprint density at radius 3 is 1.88 bits per heavy atom. The lowest BCUT2D eigenvalue weighted by atomic mass is 10.1. The number of amides is 1. The molecule has 0 aliphatic heterocycles. The van der Waals surface area contributed by atoms with Gasteiger partial charge in [-0.3, -0.25) is 9.59 Å². The molecule has 0 aliphatic carbocycles. The monoisotopic (exact) mass is 353 g/mol. The summed E-state index contributed by atoms with van der Waals surface area (Å²) in [7, 11) is -4.12. The van der Waals surface area contributed by atoms with E-state index in [9.17, 15) is 26.8 Å². The van der Waals surface area contributed by atoms with Crippen LogP contribution in [0.3, 0.4) is 0 Å². The van der Waals surface area contributed by atoms with Gasteiger partial charge in [-0.05, 0) is 48.5 Å². The molecule has 0 aromatic heterocycles. The Bertz CT molecular complexity index is 847. The minimum absolute atomic E-state index is 0.226. The van der Waals surface area contributed by atoms with E-state index in [-0.39, 0.29) is 23.3 Å². The number of halogens is 2. The molecule has 0 radical (unpaired) electrons. The zero-order valence-electron chi connectivity index (χ0n) is 12.3. The Balaban J connectivity index is 1.94. The van der Waals surface area contributed by atoms with Gasteiger partial charge in [0.2, 0.25) is 5.91 Å². The van der Waals surface area contributed by atoms with Crippen molar-refractivity contribution >= 4 is 21.7 Å². The van der Waals surface area contributed by atoms with Gasteiger partial charge in [-0.25, -0.2) is 21.9 Å². The molecule has 0 atom stereocenters. The third-order valence-electron chi connectivity index (χ3n) is 3.12. The van der Waals surface area contributed by atoms with E-state index in [0.29, 0.717) is 0 Å². The van der Waals surface area contributed by atoms with Crippen molar-refractivity contribution in [1.29, 1.82) is 0 Å². The maximum absolute atomic E-state index is 12.8. The standard InChI is InChI=1S/C16H13F2NO4S/c17-12-3-1-11(2-4-12)15(20)9-10-16(21)19-24(22,23)14-7-5-13(18)6-8-14/h1-8H,9-10H2,(H,19,21). The molecule has 126 valence electrons. The fourth-order valence-electron chi connectivity index (χ4n) is 1.88. The highest BCUT2D eigenvalue weighted by Crippen LogP contribution is 2.11. The fraction of sp³-hybridized carbons (Fsp3) is 0.125. The average Bonchev–Trinajstić information content (AvgIpc) is 2.53. The van der Waals surface area contributed by atoms with Crippen LogP contribution in [-0.2, 0) is 14.8 Å². The number of rotatable bonds is 6. The van der Waals surface area contributed by atoms with Crippen LogP contribution >= 0.6 is 0 Å². The number of Topliss-reactive ketones (excluding diaryl/α,β-unsaturated/α-hetero) is 1. The first-order chi connectivity index (χ1) is 11.3. The molecule has 0 saturated heterocycles. The fourth-order valence-corrected chi connectivity index (χ4v) is 2.89. The third-order valence-corrected chi connectivity index (χ3v) is 4.51. The minimum Gasteiger partial charge on any atom is -0.294 e. The van der Waals surface area contributed by atoms with Crippen LogP contribution in [0.5, 0.6) is 0 Å². The maximum atomic E-state index is 12.8. The molecule has 1 amide bonds. The molecule has 0 unspecified atom stereocenters. The Labute approximate surface area is 137 Å². The lowest BCUT2D eigenvalue weighted by Gasteiger charge is -2.07. The summed E-state index contributed by atoms with van der Waals surface area (Å²) < 4.78 is 51.2. The van der Waals surface area contributed by atoms with Gasteiger partial charge in [0, 0.05) is 18.4 Å². The lowest BCUT2D eigenvalue weighted by Crippen LogP contribution is -2.30. The smallest absolute Gasteiger partial charge is 0.264 e. The van der Waals surface area contributed by atoms with Crippen LogP contribution in [0.15, 0.2) is 53.4 Å². The van der Waals surface area contributed by atoms with Gasteiger partial charge in [-0.15, -0.1) is 0 Å². The summed E-state index contributed by atoms with van der Waals surface area (Å²) in [6, 6.07) is 8.76. The van der Waals surface area contributed by atoms with Crippen LogP contribution in [0.2, 0.25) is 0 Å². The van der Waals surface area contributed by atoms with Crippen molar-refractivity contribution in [3.63, 3.8) is 0 Å². The van der Waals surface area contributed by atoms with Gasteiger partial charge in [0.25, 0.3) is 10.0 Å². The van der Waals surface area contributed by atoms with Gasteiger partial charge >= 0.3 is 0 Å². The highest BCUT2D eigenvalue weighted by molar-refractivity contribution is 7.90. The van der Waals surface area contributed by atoms with E-state index in [1.807, 2.05) is 0 Å². The van der Waals surface area contributed by atoms with E-state index >= 15 is 0 Å². The first-order valence-electron chi connectivity index (χ1n) is 6.88. The van der Waals surface area contributed by atoms with E-state index in [2.05, 4.69) is 0 Å². The van der Waals surface area contributed by atoms with Crippen molar-refractivity contribution < 1.29 is 26.8 Å². The second-order valence-electron chi connectivity index (χ2n) is 4.91. The SMILES string of the molecule is O=C(CCC(=O)c1ccc(F)cc1)NS(=O)(=O)c1ccc(F)cc1. The molecule has 0 heterocycles. The van der Waals surface area contributed by atoms with E-state index in [1.165, 1.54) is 12.1 Å². The summed E-state index contributed by atoms with van der Waals surface area (Å²) in [6.45, 7) is 0. The molecule has 0 saturated carbocycles. The van der Waals surface area contributed by atoms with E-state index in [1.54, 1.807) is 4.72 Å². The molecule has 0 aliphatic rings. The normalized spacial score (nSPS) is 11.1. The van der Waals surface area contributed by atoms with E-state index < -0.39 is 33.3 Å². The van der Waals surface area contributed by atoms with Crippen molar-refractivity contribution in [1.82, 2.24) is 4.72 Å². The summed E-state index contributed by atoms with van der Waals surface area (Å²) in [4.78, 5) is 23.3. The predicted octanol–water partition coefficient (Wildman–Crippen LogP) is 2.43. The van der Waals surface area contributed by atoms with E-state index in [0.717, 1.165) is 36.4 Å². The maximum Gasteiger partial charge on any atom is 0.264 e. The number of sulfonamides is 1. The Hall–Kier alpha value is -2.61. The lowest BCUT2D eigenvalue weighted by molar-refractivity contribution is -0.119. The van der Waals surface area contributed by atoms with Gasteiger partial charge in [-0.1, -0.05) is 0 Å². The van der Waals surface area contributed by atoms with Gasteiger partial charge in [-0.2, -0.15) is 0 Å². The van der Waals surface area contributed by atoms with Crippen molar-refractivity contribution in [3.05, 3.63) is 65.7 Å². The first kappa shape index (κ1) is 17.7. The zero-order chi connectivity index (χ0) is 17.7. The molecule has 1 N–H and O–H groups in total. The van der Waals surface area contributed by atoms with Crippen LogP contribution in [0, 0.1) is 11.6 Å². The van der Waals surface area contributed by atoms with Crippen molar-refractivity contribution in [2.24, 2.45) is 0 Å². The predicted molar refractivity (Wildman–Crippen MR) is 81.7 cm³/mol. The number of hydrogen-bond donors (Lipinski definition) is 1. The summed E-state index contributed by atoms with van der Waals surface area (Å²) in [6.07, 6.45) is -0.576. The highest BCUT2D eigenvalue weighted by Gasteiger charge is 2.18. The Morgan fingerprint density at radius 1 is 0.833 bits per heavy atom. The van der Waals surface area contributed by atoms with Crippen LogP contribution < -0.4 is 4.72 Å². The minimum atomic E-state index is -4.12. The van der Waals surface area contributed by atoms with Gasteiger partial charge in [0.15, 0.2) is 5.78 Å². The molecular weight excluding hydrogens is 340 g/mol. The van der Waals surface area contributed by atoms with Crippen molar-refractivity contribution in [2.75, 3.05) is 0 Å². The van der Waals surface area contributed by atoms with Crippen LogP contribution in [-0.4, -0.2) is 20.1 Å². The molecule has 0 bridgehead atoms. The first-order valence-corrected chi connectivity index (χ1v) is 8.36. The number of carbonyl (C=O) groups excluding carboxylic acids is 2. The van der Waals surface area contributed by atoms with E-state index in [4.69, 9.17) is 0 Å². The van der Waals surface area contributed by atoms with Gasteiger partial charge in [0.05, 0.1) is 4.90 Å². The summed E-state index contributed by atoms with van der Waals surface area (Å²) >= 11 is 0. The molecule has 2 aromatic rings. The molecule has 24 heavy (non-hydrogen) atoms. The van der Waals surface area contributed by atoms with Gasteiger partial charge < -0.3 is 0 Å². The van der Waals surface area contributed by atoms with Gasteiger partial charge in [0.1, 0.15) is 11.6 Å². The summed E-state index contributed by atoms with van der Waals surface area (Å²) in [5, 5.41) is 0. The molecule has 5 nitrogen and oxygen atoms in total. The number of carbonyl (C=O) groups is 2. The Kier molecular flexibility index (Phi) is 5.40. The number of nitrogens with one attached hydrogen (secondary N) is 1. The number of ketones is 1. The average molecular weight is 353 g/mol. The highest BCUT2D eigenvalue weighted by atomic mass is 32.2. The summed E-state index contributed by atoms with van der Waals surface area (Å²) in [5.41, 5.74) is 0.227.